The summed E-state index contributed by atoms with van der Waals surface area (Å²) in [7, 11) is 5.17. The van der Waals surface area contributed by atoms with Gasteiger partial charge in [-0.1, -0.05) is 53.9 Å². The van der Waals surface area contributed by atoms with Crippen molar-refractivity contribution in [2.24, 2.45) is 7.05 Å². The van der Waals surface area contributed by atoms with Gasteiger partial charge in [0.1, 0.15) is 0 Å². The molecule has 8 nitrogen and oxygen atoms in total. The standard InChI is InChI=1S/C13H11N4.C12H13N2O2.Ir/c1-16-8-13(15-10-16)17-9-14-7-12(17)11-5-3-2-4-6-11;1-9-6-7-13-14(9)11-5-4-10(15-2)8-12(11)16-3;/h2-8,10H,1H3;4,6-8H,1-3H3;/q2*-1;. The molecule has 0 saturated heterocycles. The van der Waals surface area contributed by atoms with Crippen LogP contribution in [-0.4, -0.2) is 43.1 Å². The van der Waals surface area contributed by atoms with Crippen molar-refractivity contribution in [3.63, 3.8) is 0 Å². The van der Waals surface area contributed by atoms with Gasteiger partial charge >= 0.3 is 0 Å². The van der Waals surface area contributed by atoms with Gasteiger partial charge in [-0.25, -0.2) is 0 Å². The van der Waals surface area contributed by atoms with Crippen LogP contribution in [0.15, 0.2) is 73.4 Å². The molecule has 0 aliphatic carbocycles. The molecule has 9 heteroatoms. The van der Waals surface area contributed by atoms with E-state index >= 15 is 0 Å². The third-order valence-electron chi connectivity index (χ3n) is 4.93. The van der Waals surface area contributed by atoms with Gasteiger partial charge in [-0.2, -0.15) is 5.10 Å². The van der Waals surface area contributed by atoms with E-state index in [1.165, 1.54) is 0 Å². The van der Waals surface area contributed by atoms with Gasteiger partial charge in [-0.15, -0.1) is 12.1 Å². The third-order valence-corrected chi connectivity index (χ3v) is 4.93. The van der Waals surface area contributed by atoms with Gasteiger partial charge in [0.15, 0.2) is 0 Å². The van der Waals surface area contributed by atoms with Crippen LogP contribution in [-0.2, 0) is 27.2 Å². The van der Waals surface area contributed by atoms with E-state index in [-0.39, 0.29) is 20.1 Å². The van der Waals surface area contributed by atoms with Gasteiger partial charge in [0, 0.05) is 63.1 Å². The number of ether oxygens (including phenoxy) is 2. The van der Waals surface area contributed by atoms with E-state index in [1.807, 2.05) is 71.8 Å². The number of aromatic nitrogens is 6. The quantitative estimate of drug-likeness (QED) is 0.274. The van der Waals surface area contributed by atoms with E-state index in [4.69, 9.17) is 9.47 Å². The summed E-state index contributed by atoms with van der Waals surface area (Å²) in [6.07, 6.45) is 10.2. The Morgan fingerprint density at radius 1 is 1.03 bits per heavy atom. The van der Waals surface area contributed by atoms with Crippen LogP contribution in [0, 0.1) is 19.3 Å². The third kappa shape index (κ3) is 5.44. The second-order valence-corrected chi connectivity index (χ2v) is 7.18. The van der Waals surface area contributed by atoms with Gasteiger partial charge in [-0.3, -0.25) is 9.67 Å². The first-order chi connectivity index (χ1) is 16.1. The first-order valence-electron chi connectivity index (χ1n) is 10.2. The van der Waals surface area contributed by atoms with Crippen molar-refractivity contribution in [1.29, 1.82) is 0 Å². The molecule has 0 atom stereocenters. The number of imidazole rings is 2. The van der Waals surface area contributed by atoms with E-state index in [9.17, 15) is 0 Å². The first-order valence-corrected chi connectivity index (χ1v) is 10.2. The summed E-state index contributed by atoms with van der Waals surface area (Å²) in [5, 5.41) is 4.21. The Kier molecular flexibility index (Phi) is 8.40. The number of aryl methyl sites for hydroxylation is 2. The minimum absolute atomic E-state index is 0. The summed E-state index contributed by atoms with van der Waals surface area (Å²) < 4.78 is 15.9. The van der Waals surface area contributed by atoms with E-state index in [0.29, 0.717) is 11.5 Å². The maximum atomic E-state index is 5.29. The zero-order chi connectivity index (χ0) is 23.2. The number of hydrogen-bond donors (Lipinski definition) is 0. The van der Waals surface area contributed by atoms with Gasteiger partial charge in [0.05, 0.1) is 26.4 Å². The Hall–Kier alpha value is -3.68. The predicted molar refractivity (Wildman–Crippen MR) is 125 cm³/mol. The van der Waals surface area contributed by atoms with Crippen LogP contribution in [0.3, 0.4) is 0 Å². The van der Waals surface area contributed by atoms with Gasteiger partial charge in [0.2, 0.25) is 0 Å². The van der Waals surface area contributed by atoms with Crippen molar-refractivity contribution in [1.82, 2.24) is 28.9 Å². The zero-order valence-corrected chi connectivity index (χ0v) is 21.7. The van der Waals surface area contributed by atoms with E-state index < -0.39 is 0 Å². The topological polar surface area (TPSA) is 71.9 Å². The molecule has 0 fully saturated rings. The Bertz CT molecular complexity index is 1330. The van der Waals surface area contributed by atoms with Crippen LogP contribution >= 0.6 is 0 Å². The number of methoxy groups -OCH3 is 2. The summed E-state index contributed by atoms with van der Waals surface area (Å²) >= 11 is 0. The molecule has 1 radical (unpaired) electrons. The van der Waals surface area contributed by atoms with Gasteiger partial charge < -0.3 is 23.6 Å². The Morgan fingerprint density at radius 2 is 1.82 bits per heavy atom. The van der Waals surface area contributed by atoms with Crippen LogP contribution in [0.4, 0.5) is 0 Å². The van der Waals surface area contributed by atoms with Crippen molar-refractivity contribution in [2.45, 2.75) is 6.92 Å². The van der Waals surface area contributed by atoms with Crippen LogP contribution < -0.4 is 9.47 Å². The van der Waals surface area contributed by atoms with Crippen LogP contribution in [0.2, 0.25) is 0 Å². The fraction of sp³-hybridized carbons (Fsp3) is 0.160. The average molecular weight is 633 g/mol. The zero-order valence-electron chi connectivity index (χ0n) is 19.3. The Balaban J connectivity index is 0.000000186. The molecule has 0 bridgehead atoms. The van der Waals surface area contributed by atoms with E-state index in [2.05, 4.69) is 27.5 Å². The molecule has 3 heterocycles. The largest absolute Gasteiger partial charge is 0.554 e. The van der Waals surface area contributed by atoms with Gasteiger partial charge in [0.25, 0.3) is 0 Å². The maximum absolute atomic E-state index is 5.29. The molecule has 3 aromatic heterocycles. The number of hydrogen-bond acceptors (Lipinski definition) is 5. The number of rotatable bonds is 5. The smallest absolute Gasteiger partial charge is 0.0853 e. The molecule has 0 saturated carbocycles. The molecule has 0 unspecified atom stereocenters. The van der Waals surface area contributed by atoms with Crippen molar-refractivity contribution in [3.8, 4) is 34.3 Å². The van der Waals surface area contributed by atoms with Crippen molar-refractivity contribution >= 4 is 0 Å². The van der Waals surface area contributed by atoms with Crippen LogP contribution in [0.1, 0.15) is 5.69 Å². The summed E-state index contributed by atoms with van der Waals surface area (Å²) in [5.74, 6) is 2.22. The second-order valence-electron chi connectivity index (χ2n) is 7.18. The Morgan fingerprint density at radius 3 is 2.44 bits per heavy atom. The summed E-state index contributed by atoms with van der Waals surface area (Å²) in [4.78, 5) is 8.37. The normalized spacial score (nSPS) is 10.1. The van der Waals surface area contributed by atoms with Gasteiger partial charge in [-0.05, 0) is 18.7 Å². The van der Waals surface area contributed by atoms with Crippen molar-refractivity contribution in [3.05, 3.63) is 91.5 Å². The summed E-state index contributed by atoms with van der Waals surface area (Å²) in [5.41, 5.74) is 3.90. The van der Waals surface area contributed by atoms with Crippen molar-refractivity contribution < 1.29 is 29.6 Å². The Labute approximate surface area is 212 Å². The van der Waals surface area contributed by atoms with E-state index in [1.54, 1.807) is 43.7 Å². The molecule has 34 heavy (non-hydrogen) atoms. The van der Waals surface area contributed by atoms with Crippen molar-refractivity contribution in [2.75, 3.05) is 14.2 Å². The fourth-order valence-electron chi connectivity index (χ4n) is 3.25. The molecule has 5 aromatic rings. The first kappa shape index (κ1) is 25.0. The predicted octanol–water partition coefficient (Wildman–Crippen LogP) is 4.07. The molecule has 177 valence electrons. The molecule has 0 N–H and O–H groups in total. The number of benzene rings is 2. The molecule has 0 amide bonds. The second kappa shape index (κ2) is 11.4. The number of nitrogens with zero attached hydrogens (tertiary/aromatic N) is 6. The fourth-order valence-corrected chi connectivity index (χ4v) is 3.25. The summed E-state index contributed by atoms with van der Waals surface area (Å²) in [6, 6.07) is 18.7. The van der Waals surface area contributed by atoms with E-state index in [0.717, 1.165) is 28.5 Å². The molecule has 5 rings (SSSR count). The average Bonchev–Trinajstić information content (AvgIpc) is 3.60. The molecular formula is C25H24IrN6O2-2. The maximum Gasteiger partial charge on any atom is 0.0853 e. The SMILES string of the molecule is COc1c[c-]c(-n2nccc2C)c(OC)c1.Cn1cnc(-n2[c-]ncc2-c2ccccc2)c1.[Ir]. The van der Waals surface area contributed by atoms with Crippen LogP contribution in [0.5, 0.6) is 11.5 Å². The monoisotopic (exact) mass is 633 g/mol. The molecule has 2 aromatic carbocycles. The molecular weight excluding hydrogens is 609 g/mol. The molecule has 0 aliphatic heterocycles. The van der Waals surface area contributed by atoms with Crippen LogP contribution in [0.25, 0.3) is 22.8 Å². The summed E-state index contributed by atoms with van der Waals surface area (Å²) in [6.45, 7) is 1.98. The molecule has 0 aliphatic rings. The minimum atomic E-state index is 0. The molecule has 0 spiro atoms. The minimum Gasteiger partial charge on any atom is -0.554 e.